The van der Waals surface area contributed by atoms with Crippen molar-refractivity contribution in [3.8, 4) is 0 Å². The summed E-state index contributed by atoms with van der Waals surface area (Å²) in [7, 11) is 0. The van der Waals surface area contributed by atoms with Gasteiger partial charge in [-0.1, -0.05) is 17.7 Å². The second-order valence-electron chi connectivity index (χ2n) is 7.41. The molecule has 0 bridgehead atoms. The zero-order valence-corrected chi connectivity index (χ0v) is 17.1. The Labute approximate surface area is 175 Å². The third-order valence-electron chi connectivity index (χ3n) is 5.08. The molecule has 158 valence electrons. The number of nitro benzene ring substituents is 1. The van der Waals surface area contributed by atoms with E-state index in [1.807, 2.05) is 24.0 Å². The molecule has 2 aromatic carbocycles. The highest BCUT2D eigenvalue weighted by Crippen LogP contribution is 2.31. The molecule has 1 aliphatic rings. The number of nitro groups is 1. The highest BCUT2D eigenvalue weighted by Gasteiger charge is 2.25. The van der Waals surface area contributed by atoms with Crippen LogP contribution in [0.1, 0.15) is 42.1 Å². The Kier molecular flexibility index (Phi) is 6.66. The predicted octanol–water partition coefficient (Wildman–Crippen LogP) is 4.08. The van der Waals surface area contributed by atoms with Crippen molar-refractivity contribution >= 4 is 28.9 Å². The molecule has 0 radical (unpaired) electrons. The summed E-state index contributed by atoms with van der Waals surface area (Å²) in [5.74, 6) is -1.26. The van der Waals surface area contributed by atoms with Crippen LogP contribution in [0.25, 0.3) is 0 Å². The van der Waals surface area contributed by atoms with Gasteiger partial charge in [0, 0.05) is 24.8 Å². The van der Waals surface area contributed by atoms with E-state index < -0.39 is 22.9 Å². The Balaban J connectivity index is 1.69. The van der Waals surface area contributed by atoms with Gasteiger partial charge in [0.1, 0.15) is 5.69 Å². The van der Waals surface area contributed by atoms with Crippen molar-refractivity contribution in [1.82, 2.24) is 0 Å². The van der Waals surface area contributed by atoms with Crippen LogP contribution in [0.5, 0.6) is 0 Å². The number of aryl methyl sites for hydroxylation is 1. The van der Waals surface area contributed by atoms with Crippen molar-refractivity contribution in [3.05, 3.63) is 63.7 Å². The van der Waals surface area contributed by atoms with E-state index in [9.17, 15) is 19.7 Å². The van der Waals surface area contributed by atoms with Crippen molar-refractivity contribution < 1.29 is 19.2 Å². The highest BCUT2D eigenvalue weighted by atomic mass is 16.6. The van der Waals surface area contributed by atoms with Gasteiger partial charge in [-0.15, -0.1) is 0 Å². The van der Waals surface area contributed by atoms with Crippen molar-refractivity contribution in [3.63, 3.8) is 0 Å². The molecule has 1 aliphatic heterocycles. The molecule has 0 unspecified atom stereocenters. The molecule has 8 heteroatoms. The second-order valence-corrected chi connectivity index (χ2v) is 7.41. The van der Waals surface area contributed by atoms with E-state index in [4.69, 9.17) is 4.74 Å². The fourth-order valence-electron chi connectivity index (χ4n) is 3.36. The lowest BCUT2D eigenvalue weighted by molar-refractivity contribution is -0.384. The average Bonchev–Trinajstić information content (AvgIpc) is 2.75. The normalized spacial score (nSPS) is 14.7. The second kappa shape index (κ2) is 9.39. The van der Waals surface area contributed by atoms with Gasteiger partial charge in [0.25, 0.3) is 11.6 Å². The Morgan fingerprint density at radius 1 is 1.10 bits per heavy atom. The van der Waals surface area contributed by atoms with Crippen LogP contribution in [0.2, 0.25) is 0 Å². The van der Waals surface area contributed by atoms with E-state index in [0.29, 0.717) is 11.4 Å². The maximum atomic E-state index is 12.5. The van der Waals surface area contributed by atoms with E-state index in [-0.39, 0.29) is 11.3 Å². The molecule has 1 atom stereocenters. The minimum Gasteiger partial charge on any atom is -0.449 e. The number of benzene rings is 2. The largest absolute Gasteiger partial charge is 0.449 e. The van der Waals surface area contributed by atoms with E-state index >= 15 is 0 Å². The minimum atomic E-state index is -1.06. The lowest BCUT2D eigenvalue weighted by Crippen LogP contribution is -2.31. The van der Waals surface area contributed by atoms with Crippen LogP contribution in [0.3, 0.4) is 0 Å². The zero-order chi connectivity index (χ0) is 21.7. The summed E-state index contributed by atoms with van der Waals surface area (Å²) in [6.07, 6.45) is 2.01. The van der Waals surface area contributed by atoms with E-state index in [1.54, 1.807) is 18.2 Å². The fraction of sp³-hybridized carbons (Fsp3) is 0.364. The van der Waals surface area contributed by atoms with E-state index in [0.717, 1.165) is 37.9 Å². The molecule has 0 spiro atoms. The summed E-state index contributed by atoms with van der Waals surface area (Å²) >= 11 is 0. The average molecular weight is 411 g/mol. The van der Waals surface area contributed by atoms with Gasteiger partial charge in [-0.2, -0.15) is 0 Å². The monoisotopic (exact) mass is 411 g/mol. The number of rotatable bonds is 6. The smallest absolute Gasteiger partial charge is 0.339 e. The lowest BCUT2D eigenvalue weighted by atomic mass is 10.1. The number of anilines is 2. The summed E-state index contributed by atoms with van der Waals surface area (Å²) in [6, 6.07) is 11.5. The van der Waals surface area contributed by atoms with Gasteiger partial charge < -0.3 is 15.0 Å². The molecule has 2 aromatic rings. The van der Waals surface area contributed by atoms with Gasteiger partial charge in [-0.25, -0.2) is 4.79 Å². The molecule has 1 heterocycles. The Morgan fingerprint density at radius 3 is 2.40 bits per heavy atom. The number of esters is 1. The van der Waals surface area contributed by atoms with Crippen LogP contribution in [-0.2, 0) is 9.53 Å². The predicted molar refractivity (Wildman–Crippen MR) is 114 cm³/mol. The molecule has 30 heavy (non-hydrogen) atoms. The summed E-state index contributed by atoms with van der Waals surface area (Å²) in [5.41, 5.74) is 2.05. The van der Waals surface area contributed by atoms with Gasteiger partial charge in [-0.3, -0.25) is 14.9 Å². The first kappa shape index (κ1) is 21.3. The highest BCUT2D eigenvalue weighted by molar-refractivity contribution is 5.97. The van der Waals surface area contributed by atoms with Gasteiger partial charge >= 0.3 is 5.97 Å². The molecule has 0 saturated carbocycles. The third-order valence-corrected chi connectivity index (χ3v) is 5.08. The van der Waals surface area contributed by atoms with Crippen LogP contribution in [0, 0.1) is 17.0 Å². The maximum Gasteiger partial charge on any atom is 0.339 e. The van der Waals surface area contributed by atoms with Gasteiger partial charge in [0.2, 0.25) is 0 Å². The molecule has 0 aliphatic carbocycles. The molecule has 1 saturated heterocycles. The summed E-state index contributed by atoms with van der Waals surface area (Å²) in [6.45, 7) is 4.89. The van der Waals surface area contributed by atoms with Crippen LogP contribution in [0.4, 0.5) is 17.1 Å². The molecular formula is C22H25N3O5. The van der Waals surface area contributed by atoms with Gasteiger partial charge in [0.15, 0.2) is 6.10 Å². The first-order valence-electron chi connectivity index (χ1n) is 9.97. The zero-order valence-electron chi connectivity index (χ0n) is 17.1. The first-order chi connectivity index (χ1) is 14.3. The van der Waals surface area contributed by atoms with Gasteiger partial charge in [-0.05, 0) is 57.4 Å². The molecule has 1 amide bonds. The molecule has 0 aromatic heterocycles. The number of amides is 1. The van der Waals surface area contributed by atoms with Crippen LogP contribution < -0.4 is 10.2 Å². The number of nitrogens with one attached hydrogen (secondary N) is 1. The molecule has 1 N–H and O–H groups in total. The molecule has 1 fully saturated rings. The quantitative estimate of drug-likeness (QED) is 0.437. The van der Waals surface area contributed by atoms with Gasteiger partial charge in [0.05, 0.1) is 10.5 Å². The van der Waals surface area contributed by atoms with E-state index in [1.165, 1.54) is 19.1 Å². The Bertz CT molecular complexity index is 936. The number of carbonyl (C=O) groups excluding carboxylic acids is 2. The maximum absolute atomic E-state index is 12.5. The number of piperidine rings is 1. The number of hydrogen-bond donors (Lipinski definition) is 1. The number of carbonyl (C=O) groups is 2. The van der Waals surface area contributed by atoms with Crippen molar-refractivity contribution in [2.45, 2.75) is 39.2 Å². The molecule has 3 rings (SSSR count). The van der Waals surface area contributed by atoms with Crippen LogP contribution >= 0.6 is 0 Å². The molecular weight excluding hydrogens is 386 g/mol. The number of nitrogens with zero attached hydrogens (tertiary/aromatic N) is 2. The standard InChI is InChI=1S/C22H25N3O5/c1-15-6-9-18(10-7-15)23-21(26)16(2)30-22(27)17-8-11-19(20(14-17)25(28)29)24-12-4-3-5-13-24/h6-11,14,16H,3-5,12-13H2,1-2H3,(H,23,26)/t16-/m0/s1. The summed E-state index contributed by atoms with van der Waals surface area (Å²) in [4.78, 5) is 37.8. The summed E-state index contributed by atoms with van der Waals surface area (Å²) < 4.78 is 5.23. The minimum absolute atomic E-state index is 0.0393. The number of ether oxygens (including phenoxy) is 1. The van der Waals surface area contributed by atoms with Crippen LogP contribution in [-0.4, -0.2) is 36.0 Å². The third kappa shape index (κ3) is 5.14. The SMILES string of the molecule is Cc1ccc(NC(=O)[C@H](C)OC(=O)c2ccc(N3CCCCC3)c([N+](=O)[O-])c2)cc1. The van der Waals surface area contributed by atoms with Crippen molar-refractivity contribution in [1.29, 1.82) is 0 Å². The lowest BCUT2D eigenvalue weighted by Gasteiger charge is -2.28. The van der Waals surface area contributed by atoms with Crippen molar-refractivity contribution in [2.75, 3.05) is 23.3 Å². The first-order valence-corrected chi connectivity index (χ1v) is 9.97. The summed E-state index contributed by atoms with van der Waals surface area (Å²) in [5, 5.41) is 14.2. The molecule has 8 nitrogen and oxygen atoms in total. The van der Waals surface area contributed by atoms with Crippen molar-refractivity contribution in [2.24, 2.45) is 0 Å². The Morgan fingerprint density at radius 2 is 1.77 bits per heavy atom. The fourth-order valence-corrected chi connectivity index (χ4v) is 3.36. The number of hydrogen-bond acceptors (Lipinski definition) is 6. The Hall–Kier alpha value is -3.42. The topological polar surface area (TPSA) is 102 Å². The van der Waals surface area contributed by atoms with E-state index in [2.05, 4.69) is 5.32 Å². The van der Waals surface area contributed by atoms with Crippen LogP contribution in [0.15, 0.2) is 42.5 Å².